The van der Waals surface area contributed by atoms with Crippen molar-refractivity contribution in [1.29, 1.82) is 5.26 Å². The number of nitrogens with one attached hydrogen (secondary N) is 2. The summed E-state index contributed by atoms with van der Waals surface area (Å²) in [5.41, 5.74) is -1.97. The average molecular weight is 419 g/mol. The lowest BCUT2D eigenvalue weighted by Crippen LogP contribution is -2.43. The number of amides is 2. The van der Waals surface area contributed by atoms with Gasteiger partial charge in [-0.3, -0.25) is 14.6 Å². The number of carbonyl (C=O) groups is 2. The third kappa shape index (κ3) is 5.53. The van der Waals surface area contributed by atoms with E-state index in [0.717, 1.165) is 12.1 Å². The molecule has 2 N–H and O–H groups in total. The number of rotatable bonds is 5. The average Bonchev–Trinajstić information content (AvgIpc) is 2.66. The highest BCUT2D eigenvalue weighted by molar-refractivity contribution is 5.96. The van der Waals surface area contributed by atoms with Gasteiger partial charge in [-0.25, -0.2) is 4.98 Å². The number of hydrogen-bond donors (Lipinski definition) is 2. The maximum Gasteiger partial charge on any atom is 0.416 e. The summed E-state index contributed by atoms with van der Waals surface area (Å²) in [4.78, 5) is 33.1. The number of nitrogens with zero attached hydrogens (tertiary/aromatic N) is 3. The van der Waals surface area contributed by atoms with E-state index in [0.29, 0.717) is 0 Å². The Bertz CT molecular complexity index is 1010. The Labute approximate surface area is 171 Å². The number of halogens is 3. The first-order chi connectivity index (χ1) is 13.8. The van der Waals surface area contributed by atoms with E-state index in [1.165, 1.54) is 46.2 Å². The lowest BCUT2D eigenvalue weighted by Gasteiger charge is -2.20. The van der Waals surface area contributed by atoms with Crippen LogP contribution in [0.4, 0.5) is 13.2 Å². The molecule has 30 heavy (non-hydrogen) atoms. The van der Waals surface area contributed by atoms with E-state index < -0.39 is 35.1 Å². The van der Waals surface area contributed by atoms with Crippen LogP contribution in [0.25, 0.3) is 0 Å². The van der Waals surface area contributed by atoms with Crippen molar-refractivity contribution in [3.63, 3.8) is 0 Å². The fraction of sp³-hybridized carbons (Fsp3) is 0.350. The third-order valence-corrected chi connectivity index (χ3v) is 4.07. The van der Waals surface area contributed by atoms with Gasteiger partial charge in [-0.05, 0) is 51.5 Å². The Morgan fingerprint density at radius 2 is 1.73 bits per heavy atom. The molecule has 0 spiro atoms. The highest BCUT2D eigenvalue weighted by Gasteiger charge is 2.32. The number of nitriles is 1. The van der Waals surface area contributed by atoms with Gasteiger partial charge in [0.2, 0.25) is 0 Å². The number of hydrogen-bond acceptors (Lipinski definition) is 5. The molecular formula is C20H20F3N5O2. The molecule has 2 rings (SSSR count). The SMILES string of the molecule is Cc1cc(C(=O)NC(C)c2nccnc2C(=O)NC(C)(C)C#N)cc(C(F)(F)F)c1. The summed E-state index contributed by atoms with van der Waals surface area (Å²) in [6, 6.07) is 4.12. The molecule has 7 nitrogen and oxygen atoms in total. The maximum atomic E-state index is 13.0. The van der Waals surface area contributed by atoms with Crippen molar-refractivity contribution in [2.75, 3.05) is 0 Å². The predicted molar refractivity (Wildman–Crippen MR) is 101 cm³/mol. The molecule has 2 amide bonds. The minimum atomic E-state index is -4.59. The van der Waals surface area contributed by atoms with Gasteiger partial charge >= 0.3 is 6.18 Å². The van der Waals surface area contributed by atoms with E-state index in [1.54, 1.807) is 0 Å². The first-order valence-electron chi connectivity index (χ1n) is 8.88. The van der Waals surface area contributed by atoms with Crippen LogP contribution in [0.1, 0.15) is 64.5 Å². The fourth-order valence-corrected chi connectivity index (χ4v) is 2.64. The molecular weight excluding hydrogens is 399 g/mol. The highest BCUT2D eigenvalue weighted by atomic mass is 19.4. The fourth-order valence-electron chi connectivity index (χ4n) is 2.64. The highest BCUT2D eigenvalue weighted by Crippen LogP contribution is 2.30. The molecule has 10 heteroatoms. The van der Waals surface area contributed by atoms with Gasteiger partial charge in [-0.1, -0.05) is 0 Å². The van der Waals surface area contributed by atoms with Crippen molar-refractivity contribution in [2.45, 2.75) is 45.5 Å². The summed E-state index contributed by atoms with van der Waals surface area (Å²) < 4.78 is 39.1. The Morgan fingerprint density at radius 3 is 2.33 bits per heavy atom. The molecule has 0 aliphatic carbocycles. The Balaban J connectivity index is 2.28. The molecule has 1 heterocycles. The van der Waals surface area contributed by atoms with Gasteiger partial charge in [-0.2, -0.15) is 18.4 Å². The van der Waals surface area contributed by atoms with Crippen LogP contribution in [0, 0.1) is 18.3 Å². The van der Waals surface area contributed by atoms with Crippen LogP contribution in [-0.4, -0.2) is 27.3 Å². The first kappa shape index (κ1) is 22.8. The van der Waals surface area contributed by atoms with Crippen LogP contribution in [0.2, 0.25) is 0 Å². The molecule has 1 aromatic heterocycles. The molecule has 0 bridgehead atoms. The molecule has 1 unspecified atom stereocenters. The van der Waals surface area contributed by atoms with Crippen LogP contribution < -0.4 is 10.6 Å². The van der Waals surface area contributed by atoms with Gasteiger partial charge in [0.25, 0.3) is 11.8 Å². The van der Waals surface area contributed by atoms with Crippen LogP contribution in [0.5, 0.6) is 0 Å². The normalized spacial score (nSPS) is 12.6. The molecule has 158 valence electrons. The molecule has 2 aromatic rings. The minimum absolute atomic E-state index is 0.103. The summed E-state index contributed by atoms with van der Waals surface area (Å²) in [5, 5.41) is 14.1. The number of alkyl halides is 3. The summed E-state index contributed by atoms with van der Waals surface area (Å²) in [6.07, 6.45) is -1.99. The molecule has 0 fully saturated rings. The predicted octanol–water partition coefficient (Wildman–Crippen LogP) is 3.33. The number of aryl methyl sites for hydroxylation is 1. The lowest BCUT2D eigenvalue weighted by molar-refractivity contribution is -0.137. The van der Waals surface area contributed by atoms with Crippen molar-refractivity contribution in [3.8, 4) is 6.07 Å². The minimum Gasteiger partial charge on any atom is -0.344 e. The second-order valence-electron chi connectivity index (χ2n) is 7.26. The summed E-state index contributed by atoms with van der Waals surface area (Å²) in [6.45, 7) is 5.98. The van der Waals surface area contributed by atoms with E-state index in [4.69, 9.17) is 5.26 Å². The van der Waals surface area contributed by atoms with Crippen molar-refractivity contribution < 1.29 is 22.8 Å². The molecule has 0 aliphatic heterocycles. The summed E-state index contributed by atoms with van der Waals surface area (Å²) >= 11 is 0. The topological polar surface area (TPSA) is 108 Å². The van der Waals surface area contributed by atoms with Crippen molar-refractivity contribution >= 4 is 11.8 Å². The largest absolute Gasteiger partial charge is 0.416 e. The zero-order chi connectivity index (χ0) is 22.7. The summed E-state index contributed by atoms with van der Waals surface area (Å²) in [7, 11) is 0. The quantitative estimate of drug-likeness (QED) is 0.773. The monoisotopic (exact) mass is 419 g/mol. The molecule has 0 aliphatic rings. The van der Waals surface area contributed by atoms with Crippen LogP contribution in [0.3, 0.4) is 0 Å². The number of benzene rings is 1. The van der Waals surface area contributed by atoms with Crippen molar-refractivity contribution in [1.82, 2.24) is 20.6 Å². The molecule has 0 saturated heterocycles. The van der Waals surface area contributed by atoms with E-state index >= 15 is 0 Å². The second kappa shape index (κ2) is 8.49. The zero-order valence-corrected chi connectivity index (χ0v) is 16.8. The van der Waals surface area contributed by atoms with Crippen LogP contribution in [-0.2, 0) is 6.18 Å². The molecule has 1 atom stereocenters. The van der Waals surface area contributed by atoms with E-state index in [-0.39, 0.29) is 22.5 Å². The Hall–Kier alpha value is -3.48. The Morgan fingerprint density at radius 1 is 1.10 bits per heavy atom. The maximum absolute atomic E-state index is 13.0. The van der Waals surface area contributed by atoms with E-state index in [1.807, 2.05) is 6.07 Å². The van der Waals surface area contributed by atoms with Crippen LogP contribution in [0.15, 0.2) is 30.6 Å². The smallest absolute Gasteiger partial charge is 0.344 e. The third-order valence-electron chi connectivity index (χ3n) is 4.07. The van der Waals surface area contributed by atoms with Gasteiger partial charge < -0.3 is 10.6 Å². The zero-order valence-electron chi connectivity index (χ0n) is 16.8. The lowest BCUT2D eigenvalue weighted by atomic mass is 10.0. The standard InChI is InChI=1S/C20H20F3N5O2/c1-11-7-13(9-14(8-11)20(21,22)23)17(29)27-12(2)15-16(26-6-5-25-15)18(30)28-19(3,4)10-24/h5-9,12H,1-4H3,(H,27,29)(H,28,30). The molecule has 0 radical (unpaired) electrons. The van der Waals surface area contributed by atoms with Gasteiger partial charge in [0.1, 0.15) is 5.54 Å². The first-order valence-corrected chi connectivity index (χ1v) is 8.88. The molecule has 1 aromatic carbocycles. The van der Waals surface area contributed by atoms with Crippen molar-refractivity contribution in [3.05, 3.63) is 58.7 Å². The number of aromatic nitrogens is 2. The van der Waals surface area contributed by atoms with Gasteiger partial charge in [-0.15, -0.1) is 0 Å². The molecule has 0 saturated carbocycles. The van der Waals surface area contributed by atoms with Crippen LogP contribution >= 0.6 is 0 Å². The Kier molecular flexibility index (Phi) is 6.45. The number of carbonyl (C=O) groups excluding carboxylic acids is 2. The second-order valence-corrected chi connectivity index (χ2v) is 7.26. The van der Waals surface area contributed by atoms with Crippen molar-refractivity contribution in [2.24, 2.45) is 0 Å². The van der Waals surface area contributed by atoms with Gasteiger partial charge in [0, 0.05) is 18.0 Å². The summed E-state index contributed by atoms with van der Waals surface area (Å²) in [5.74, 6) is -1.42. The van der Waals surface area contributed by atoms with E-state index in [9.17, 15) is 22.8 Å². The van der Waals surface area contributed by atoms with Gasteiger partial charge in [0.15, 0.2) is 5.69 Å². The van der Waals surface area contributed by atoms with E-state index in [2.05, 4.69) is 20.6 Å². The van der Waals surface area contributed by atoms with Gasteiger partial charge in [0.05, 0.1) is 23.4 Å².